The van der Waals surface area contributed by atoms with Gasteiger partial charge in [-0.15, -0.1) is 0 Å². The van der Waals surface area contributed by atoms with E-state index in [1.807, 2.05) is 42.3 Å². The van der Waals surface area contributed by atoms with E-state index in [9.17, 15) is 4.79 Å². The van der Waals surface area contributed by atoms with E-state index >= 15 is 0 Å². The smallest absolute Gasteiger partial charge is 0.234 e. The molecule has 0 aliphatic carbocycles. The van der Waals surface area contributed by atoms with Crippen LogP contribution in [0.3, 0.4) is 0 Å². The summed E-state index contributed by atoms with van der Waals surface area (Å²) < 4.78 is 1.07. The van der Waals surface area contributed by atoms with Crippen molar-refractivity contribution in [1.29, 1.82) is 0 Å². The minimum Gasteiger partial charge on any atom is -0.355 e. The van der Waals surface area contributed by atoms with Crippen LogP contribution < -0.4 is 5.32 Å². The van der Waals surface area contributed by atoms with Crippen molar-refractivity contribution >= 4 is 21.8 Å². The third-order valence-electron chi connectivity index (χ3n) is 3.36. The van der Waals surface area contributed by atoms with E-state index in [0.717, 1.165) is 17.4 Å². The van der Waals surface area contributed by atoms with E-state index in [2.05, 4.69) is 45.5 Å². The number of halogens is 1. The van der Waals surface area contributed by atoms with Crippen molar-refractivity contribution in [2.24, 2.45) is 0 Å². The molecule has 0 fully saturated rings. The van der Waals surface area contributed by atoms with Crippen LogP contribution in [0.15, 0.2) is 59.1 Å². The van der Waals surface area contributed by atoms with E-state index in [1.165, 1.54) is 11.1 Å². The molecule has 1 amide bonds. The van der Waals surface area contributed by atoms with Crippen LogP contribution in [0.4, 0.5) is 0 Å². The molecule has 22 heavy (non-hydrogen) atoms. The quantitative estimate of drug-likeness (QED) is 0.821. The maximum absolute atomic E-state index is 11.9. The Labute approximate surface area is 140 Å². The SMILES string of the molecule is CN(CC(=O)NCCc1ccccc1)Cc1ccc(Br)cc1. The number of carbonyl (C=O) groups is 1. The van der Waals surface area contributed by atoms with Crippen molar-refractivity contribution in [3.05, 3.63) is 70.2 Å². The van der Waals surface area contributed by atoms with Gasteiger partial charge in [0.15, 0.2) is 0 Å². The summed E-state index contributed by atoms with van der Waals surface area (Å²) in [6.45, 7) is 1.85. The van der Waals surface area contributed by atoms with Crippen molar-refractivity contribution in [1.82, 2.24) is 10.2 Å². The van der Waals surface area contributed by atoms with Crippen molar-refractivity contribution in [2.45, 2.75) is 13.0 Å². The van der Waals surface area contributed by atoms with E-state index in [4.69, 9.17) is 0 Å². The number of likely N-dealkylation sites (N-methyl/N-ethyl adjacent to an activating group) is 1. The maximum atomic E-state index is 11.9. The number of hydrogen-bond donors (Lipinski definition) is 1. The molecule has 0 unspecified atom stereocenters. The Morgan fingerprint density at radius 2 is 1.73 bits per heavy atom. The Hall–Kier alpha value is -1.65. The molecule has 2 aromatic rings. The molecule has 3 nitrogen and oxygen atoms in total. The summed E-state index contributed by atoms with van der Waals surface area (Å²) in [5, 5.41) is 2.97. The molecule has 0 saturated heterocycles. The lowest BCUT2D eigenvalue weighted by atomic mass is 10.1. The van der Waals surface area contributed by atoms with Crippen molar-refractivity contribution in [3.63, 3.8) is 0 Å². The second-order valence-corrected chi connectivity index (χ2v) is 6.30. The molecule has 2 rings (SSSR count). The molecule has 116 valence electrons. The molecule has 0 aromatic heterocycles. The third kappa shape index (κ3) is 6.00. The summed E-state index contributed by atoms with van der Waals surface area (Å²) in [5.74, 6) is 0.0653. The highest BCUT2D eigenvalue weighted by Crippen LogP contribution is 2.11. The third-order valence-corrected chi connectivity index (χ3v) is 3.89. The highest BCUT2D eigenvalue weighted by molar-refractivity contribution is 9.10. The van der Waals surface area contributed by atoms with Gasteiger partial charge in [0.1, 0.15) is 0 Å². The van der Waals surface area contributed by atoms with Crippen LogP contribution in [0.2, 0.25) is 0 Å². The number of nitrogens with one attached hydrogen (secondary N) is 1. The fourth-order valence-corrected chi connectivity index (χ4v) is 2.51. The Balaban J connectivity index is 1.68. The fraction of sp³-hybridized carbons (Fsp3) is 0.278. The zero-order valence-corrected chi connectivity index (χ0v) is 14.3. The van der Waals surface area contributed by atoms with Crippen molar-refractivity contribution in [2.75, 3.05) is 20.1 Å². The topological polar surface area (TPSA) is 32.3 Å². The van der Waals surface area contributed by atoms with Crippen LogP contribution in [-0.2, 0) is 17.8 Å². The summed E-state index contributed by atoms with van der Waals surface area (Å²) in [7, 11) is 1.96. The van der Waals surface area contributed by atoms with Crippen LogP contribution in [0.1, 0.15) is 11.1 Å². The van der Waals surface area contributed by atoms with Gasteiger partial charge in [-0.2, -0.15) is 0 Å². The molecular weight excluding hydrogens is 340 g/mol. The van der Waals surface area contributed by atoms with Gasteiger partial charge in [-0.05, 0) is 36.7 Å². The van der Waals surface area contributed by atoms with Gasteiger partial charge in [0, 0.05) is 17.6 Å². The number of rotatable bonds is 7. The van der Waals surface area contributed by atoms with E-state index < -0.39 is 0 Å². The van der Waals surface area contributed by atoms with E-state index in [1.54, 1.807) is 0 Å². The first-order valence-corrected chi connectivity index (χ1v) is 8.16. The van der Waals surface area contributed by atoms with Crippen molar-refractivity contribution < 1.29 is 4.79 Å². The summed E-state index contributed by atoms with van der Waals surface area (Å²) in [6, 6.07) is 18.3. The van der Waals surface area contributed by atoms with Gasteiger partial charge in [-0.1, -0.05) is 58.4 Å². The summed E-state index contributed by atoms with van der Waals surface area (Å²) >= 11 is 3.42. The van der Waals surface area contributed by atoms with Crippen LogP contribution in [0.25, 0.3) is 0 Å². The lowest BCUT2D eigenvalue weighted by Gasteiger charge is -2.16. The molecule has 0 aliphatic rings. The molecule has 0 atom stereocenters. The molecule has 0 bridgehead atoms. The zero-order chi connectivity index (χ0) is 15.8. The van der Waals surface area contributed by atoms with Crippen molar-refractivity contribution in [3.8, 4) is 0 Å². The van der Waals surface area contributed by atoms with Crippen LogP contribution in [0.5, 0.6) is 0 Å². The summed E-state index contributed by atoms with van der Waals surface area (Å²) in [4.78, 5) is 13.9. The van der Waals surface area contributed by atoms with Gasteiger partial charge < -0.3 is 5.32 Å². The monoisotopic (exact) mass is 360 g/mol. The number of carbonyl (C=O) groups excluding carboxylic acids is 1. The Kier molecular flexibility index (Phi) is 6.62. The average Bonchev–Trinajstić information content (AvgIpc) is 2.50. The molecule has 0 radical (unpaired) electrons. The zero-order valence-electron chi connectivity index (χ0n) is 12.8. The minimum absolute atomic E-state index is 0.0653. The Morgan fingerprint density at radius 3 is 2.41 bits per heavy atom. The molecule has 1 N–H and O–H groups in total. The largest absolute Gasteiger partial charge is 0.355 e. The first-order valence-electron chi connectivity index (χ1n) is 7.37. The molecule has 2 aromatic carbocycles. The van der Waals surface area contributed by atoms with E-state index in [-0.39, 0.29) is 5.91 Å². The number of nitrogens with zero attached hydrogens (tertiary/aromatic N) is 1. The molecule has 0 heterocycles. The number of hydrogen-bond acceptors (Lipinski definition) is 2. The van der Waals surface area contributed by atoms with Gasteiger partial charge in [-0.3, -0.25) is 9.69 Å². The lowest BCUT2D eigenvalue weighted by Crippen LogP contribution is -2.35. The molecule has 0 saturated carbocycles. The van der Waals surface area contributed by atoms with Gasteiger partial charge in [0.2, 0.25) is 5.91 Å². The predicted molar refractivity (Wildman–Crippen MR) is 93.6 cm³/mol. The average molecular weight is 361 g/mol. The second-order valence-electron chi connectivity index (χ2n) is 5.38. The molecule has 0 aliphatic heterocycles. The van der Waals surface area contributed by atoms with E-state index in [0.29, 0.717) is 13.1 Å². The molecule has 0 spiro atoms. The normalized spacial score (nSPS) is 10.7. The second kappa shape index (κ2) is 8.71. The summed E-state index contributed by atoms with van der Waals surface area (Å²) in [6.07, 6.45) is 0.864. The fourth-order valence-electron chi connectivity index (χ4n) is 2.25. The predicted octanol–water partition coefficient (Wildman–Crippen LogP) is 3.24. The number of amides is 1. The van der Waals surface area contributed by atoms with Gasteiger partial charge >= 0.3 is 0 Å². The lowest BCUT2D eigenvalue weighted by molar-refractivity contribution is -0.122. The van der Waals surface area contributed by atoms with Crippen LogP contribution in [-0.4, -0.2) is 30.9 Å². The number of benzene rings is 2. The van der Waals surface area contributed by atoms with Gasteiger partial charge in [-0.25, -0.2) is 0 Å². The minimum atomic E-state index is 0.0653. The van der Waals surface area contributed by atoms with Crippen LogP contribution >= 0.6 is 15.9 Å². The highest BCUT2D eigenvalue weighted by Gasteiger charge is 2.06. The van der Waals surface area contributed by atoms with Crippen LogP contribution in [0, 0.1) is 0 Å². The first kappa shape index (κ1) is 16.7. The Morgan fingerprint density at radius 1 is 1.05 bits per heavy atom. The summed E-state index contributed by atoms with van der Waals surface area (Å²) in [5.41, 5.74) is 2.44. The Bertz CT molecular complexity index is 584. The van der Waals surface area contributed by atoms with Gasteiger partial charge in [0.05, 0.1) is 6.54 Å². The standard InChI is InChI=1S/C18H21BrN2O/c1-21(13-16-7-9-17(19)10-8-16)14-18(22)20-12-11-15-5-3-2-4-6-15/h2-10H,11-14H2,1H3,(H,20,22). The molecular formula is C18H21BrN2O. The first-order chi connectivity index (χ1) is 10.6. The maximum Gasteiger partial charge on any atom is 0.234 e. The van der Waals surface area contributed by atoms with Gasteiger partial charge in [0.25, 0.3) is 0 Å². The highest BCUT2D eigenvalue weighted by atomic mass is 79.9. The molecule has 4 heteroatoms.